The van der Waals surface area contributed by atoms with Gasteiger partial charge in [-0.2, -0.15) is 0 Å². The van der Waals surface area contributed by atoms with Crippen molar-refractivity contribution in [3.63, 3.8) is 0 Å². The van der Waals surface area contributed by atoms with Crippen molar-refractivity contribution in [2.24, 2.45) is 0 Å². The third kappa shape index (κ3) is 4.63. The normalized spacial score (nSPS) is 13.8. The molecule has 0 bridgehead atoms. The average molecular weight is 391 g/mol. The zero-order valence-corrected chi connectivity index (χ0v) is 15.9. The summed E-state index contributed by atoms with van der Waals surface area (Å²) in [5.74, 6) is 0.649. The lowest BCUT2D eigenvalue weighted by Crippen LogP contribution is -2.47. The number of para-hydroxylation sites is 2. The molecule has 2 N–H and O–H groups in total. The summed E-state index contributed by atoms with van der Waals surface area (Å²) in [5, 5.41) is 5.54. The van der Waals surface area contributed by atoms with Crippen LogP contribution < -0.4 is 20.4 Å². The van der Waals surface area contributed by atoms with Crippen molar-refractivity contribution in [2.75, 3.05) is 46.6 Å². The number of hydrogen-bond donors (Lipinski definition) is 2. The number of pyridine rings is 1. The average Bonchev–Trinajstić information content (AvgIpc) is 2.75. The van der Waals surface area contributed by atoms with Crippen molar-refractivity contribution in [3.05, 3.63) is 78.7 Å². The Labute approximate surface area is 169 Å². The molecule has 0 unspecified atom stereocenters. The summed E-state index contributed by atoms with van der Waals surface area (Å²) >= 11 is 0. The second-order valence-corrected chi connectivity index (χ2v) is 6.78. The highest BCUT2D eigenvalue weighted by Gasteiger charge is 2.20. The van der Waals surface area contributed by atoms with Gasteiger partial charge in [0.05, 0.1) is 17.6 Å². The number of anilines is 4. The zero-order chi connectivity index (χ0) is 20.1. The van der Waals surface area contributed by atoms with Crippen LogP contribution in [0.1, 0.15) is 0 Å². The lowest BCUT2D eigenvalue weighted by molar-refractivity contribution is 0.262. The number of nitrogens with one attached hydrogen (secondary N) is 2. The van der Waals surface area contributed by atoms with Crippen LogP contribution in [0.25, 0.3) is 0 Å². The maximum absolute atomic E-state index is 14.0. The Morgan fingerprint density at radius 3 is 2.14 bits per heavy atom. The first kappa shape index (κ1) is 18.7. The number of rotatable bonds is 4. The van der Waals surface area contributed by atoms with Gasteiger partial charge in [0.25, 0.3) is 0 Å². The minimum absolute atomic E-state index is 0.191. The third-order valence-electron chi connectivity index (χ3n) is 4.83. The summed E-state index contributed by atoms with van der Waals surface area (Å²) in [6, 6.07) is 19.5. The van der Waals surface area contributed by atoms with Crippen LogP contribution in [0.5, 0.6) is 0 Å². The van der Waals surface area contributed by atoms with Gasteiger partial charge in [-0.15, -0.1) is 0 Å². The molecule has 3 aromatic rings. The van der Waals surface area contributed by atoms with Gasteiger partial charge in [-0.3, -0.25) is 0 Å². The van der Waals surface area contributed by atoms with E-state index in [1.165, 1.54) is 6.07 Å². The number of hydrogen-bond acceptors (Lipinski definition) is 4. The van der Waals surface area contributed by atoms with Crippen LogP contribution in [0.2, 0.25) is 0 Å². The molecule has 1 aromatic heterocycles. The third-order valence-corrected chi connectivity index (χ3v) is 4.83. The molecule has 1 fully saturated rings. The lowest BCUT2D eigenvalue weighted by atomic mass is 10.2. The van der Waals surface area contributed by atoms with Gasteiger partial charge in [0.2, 0.25) is 0 Å². The Balaban J connectivity index is 1.32. The van der Waals surface area contributed by atoms with Crippen LogP contribution in [0.15, 0.2) is 72.9 Å². The lowest BCUT2D eigenvalue weighted by Gasteiger charge is -2.36. The Morgan fingerprint density at radius 2 is 1.45 bits per heavy atom. The number of amides is 2. The second kappa shape index (κ2) is 8.60. The fourth-order valence-electron chi connectivity index (χ4n) is 3.35. The SMILES string of the molecule is O=C(Nc1ccccc1)Nc1ccc(N2CCN(c3ccccc3F)CC2)nc1. The van der Waals surface area contributed by atoms with Gasteiger partial charge in [-0.1, -0.05) is 30.3 Å². The predicted molar refractivity (Wildman–Crippen MR) is 114 cm³/mol. The summed E-state index contributed by atoms with van der Waals surface area (Å²) < 4.78 is 14.0. The summed E-state index contributed by atoms with van der Waals surface area (Å²) in [6.07, 6.45) is 1.64. The summed E-state index contributed by atoms with van der Waals surface area (Å²) in [5.41, 5.74) is 1.98. The Bertz CT molecular complexity index is 956. The number of piperazine rings is 1. The van der Waals surface area contributed by atoms with Crippen LogP contribution in [-0.4, -0.2) is 37.2 Å². The fraction of sp³-hybridized carbons (Fsp3) is 0.182. The molecule has 1 aliphatic heterocycles. The minimum Gasteiger partial charge on any atom is -0.366 e. The molecule has 6 nitrogen and oxygen atoms in total. The molecule has 0 radical (unpaired) electrons. The molecule has 4 rings (SSSR count). The van der Waals surface area contributed by atoms with E-state index in [0.29, 0.717) is 11.4 Å². The van der Waals surface area contributed by atoms with Crippen LogP contribution in [-0.2, 0) is 0 Å². The highest BCUT2D eigenvalue weighted by Crippen LogP contribution is 2.22. The van der Waals surface area contributed by atoms with Gasteiger partial charge < -0.3 is 20.4 Å². The molecule has 0 spiro atoms. The smallest absolute Gasteiger partial charge is 0.323 e. The van der Waals surface area contributed by atoms with Crippen molar-refractivity contribution >= 4 is 28.9 Å². The quantitative estimate of drug-likeness (QED) is 0.700. The van der Waals surface area contributed by atoms with Crippen LogP contribution in [0.4, 0.5) is 32.1 Å². The molecular weight excluding hydrogens is 369 g/mol. The Kier molecular flexibility index (Phi) is 5.56. The first-order valence-electron chi connectivity index (χ1n) is 9.52. The van der Waals surface area contributed by atoms with E-state index in [4.69, 9.17) is 0 Å². The number of benzene rings is 2. The molecule has 2 aromatic carbocycles. The van der Waals surface area contributed by atoms with E-state index in [2.05, 4.69) is 25.4 Å². The van der Waals surface area contributed by atoms with E-state index in [0.717, 1.165) is 37.7 Å². The number of halogens is 1. The van der Waals surface area contributed by atoms with Crippen molar-refractivity contribution < 1.29 is 9.18 Å². The van der Waals surface area contributed by atoms with Crippen molar-refractivity contribution in [1.82, 2.24) is 4.98 Å². The van der Waals surface area contributed by atoms with Gasteiger partial charge in [0.15, 0.2) is 0 Å². The summed E-state index contributed by atoms with van der Waals surface area (Å²) in [6.45, 7) is 2.95. The van der Waals surface area contributed by atoms with E-state index in [-0.39, 0.29) is 11.8 Å². The number of carbonyl (C=O) groups excluding carboxylic acids is 1. The second-order valence-electron chi connectivity index (χ2n) is 6.78. The molecule has 148 valence electrons. The Morgan fingerprint density at radius 1 is 0.793 bits per heavy atom. The van der Waals surface area contributed by atoms with Gasteiger partial charge in [0, 0.05) is 31.9 Å². The maximum Gasteiger partial charge on any atom is 0.323 e. The number of nitrogens with zero attached hydrogens (tertiary/aromatic N) is 3. The number of urea groups is 1. The van der Waals surface area contributed by atoms with Crippen LogP contribution >= 0.6 is 0 Å². The first-order valence-corrected chi connectivity index (χ1v) is 9.52. The largest absolute Gasteiger partial charge is 0.366 e. The number of carbonyl (C=O) groups is 1. The molecule has 7 heteroatoms. The number of aromatic nitrogens is 1. The zero-order valence-electron chi connectivity index (χ0n) is 15.9. The van der Waals surface area contributed by atoms with E-state index in [9.17, 15) is 9.18 Å². The van der Waals surface area contributed by atoms with Crippen molar-refractivity contribution in [2.45, 2.75) is 0 Å². The minimum atomic E-state index is -0.316. The highest BCUT2D eigenvalue weighted by molar-refractivity contribution is 5.99. The van der Waals surface area contributed by atoms with Gasteiger partial charge in [0.1, 0.15) is 11.6 Å². The summed E-state index contributed by atoms with van der Waals surface area (Å²) in [4.78, 5) is 20.7. The fourth-order valence-corrected chi connectivity index (χ4v) is 3.35. The molecule has 2 heterocycles. The molecule has 1 aliphatic rings. The molecule has 0 aliphatic carbocycles. The topological polar surface area (TPSA) is 60.5 Å². The molecule has 29 heavy (non-hydrogen) atoms. The van der Waals surface area contributed by atoms with Crippen molar-refractivity contribution in [3.8, 4) is 0 Å². The molecule has 1 saturated heterocycles. The van der Waals surface area contributed by atoms with Gasteiger partial charge in [-0.25, -0.2) is 14.2 Å². The monoisotopic (exact) mass is 391 g/mol. The Hall–Kier alpha value is -3.61. The van der Waals surface area contributed by atoms with Crippen molar-refractivity contribution in [1.29, 1.82) is 0 Å². The van der Waals surface area contributed by atoms with E-state index >= 15 is 0 Å². The van der Waals surface area contributed by atoms with Gasteiger partial charge in [-0.05, 0) is 36.4 Å². The first-order chi connectivity index (χ1) is 14.2. The van der Waals surface area contributed by atoms with E-state index in [1.54, 1.807) is 12.3 Å². The van der Waals surface area contributed by atoms with E-state index in [1.807, 2.05) is 54.6 Å². The standard InChI is InChI=1S/C22H22FN5O/c23-19-8-4-5-9-20(19)27-12-14-28(15-13-27)21-11-10-18(16-24-21)26-22(29)25-17-6-2-1-3-7-17/h1-11,16H,12-15H2,(H2,25,26,29). The van der Waals surface area contributed by atoms with Gasteiger partial charge >= 0.3 is 6.03 Å². The molecule has 0 atom stereocenters. The van der Waals surface area contributed by atoms with E-state index < -0.39 is 0 Å². The van der Waals surface area contributed by atoms with Crippen LogP contribution in [0.3, 0.4) is 0 Å². The van der Waals surface area contributed by atoms with Crippen LogP contribution in [0, 0.1) is 5.82 Å². The maximum atomic E-state index is 14.0. The summed E-state index contributed by atoms with van der Waals surface area (Å²) in [7, 11) is 0. The molecule has 0 saturated carbocycles. The molecule has 2 amide bonds. The predicted octanol–water partition coefficient (Wildman–Crippen LogP) is 4.19. The highest BCUT2D eigenvalue weighted by atomic mass is 19.1. The molecular formula is C22H22FN5O.